The highest BCUT2D eigenvalue weighted by atomic mass is 19.1. The first-order valence-corrected chi connectivity index (χ1v) is 11.5. The number of rotatable bonds is 6. The van der Waals surface area contributed by atoms with Crippen LogP contribution in [0.2, 0.25) is 0 Å². The predicted molar refractivity (Wildman–Crippen MR) is 116 cm³/mol. The van der Waals surface area contributed by atoms with E-state index in [0.29, 0.717) is 18.3 Å². The predicted octanol–water partition coefficient (Wildman–Crippen LogP) is 4.33. The van der Waals surface area contributed by atoms with Crippen LogP contribution >= 0.6 is 0 Å². The highest BCUT2D eigenvalue weighted by molar-refractivity contribution is 5.90. The van der Waals surface area contributed by atoms with Crippen molar-refractivity contribution in [1.82, 2.24) is 15.2 Å². The number of anilines is 2. The maximum atomic E-state index is 14.0. The number of nitrogens with one attached hydrogen (secondary N) is 1. The molecule has 2 aromatic heterocycles. The van der Waals surface area contributed by atoms with Gasteiger partial charge >= 0.3 is 6.09 Å². The second-order valence-corrected chi connectivity index (χ2v) is 9.06. The molecule has 1 spiro atoms. The van der Waals surface area contributed by atoms with Crippen LogP contribution in [0.1, 0.15) is 51.4 Å². The van der Waals surface area contributed by atoms with Crippen LogP contribution in [0.25, 0.3) is 0 Å². The van der Waals surface area contributed by atoms with Gasteiger partial charge in [0.05, 0.1) is 6.54 Å². The van der Waals surface area contributed by atoms with Gasteiger partial charge in [0.25, 0.3) is 0 Å². The zero-order valence-corrected chi connectivity index (χ0v) is 18.0. The summed E-state index contributed by atoms with van der Waals surface area (Å²) in [4.78, 5) is 17.4. The number of ether oxygens (including phenoxy) is 2. The molecule has 1 amide bonds. The molecule has 0 bridgehead atoms. The molecule has 32 heavy (non-hydrogen) atoms. The van der Waals surface area contributed by atoms with Gasteiger partial charge in [-0.15, -0.1) is 10.2 Å². The van der Waals surface area contributed by atoms with Crippen molar-refractivity contribution in [3.05, 3.63) is 36.4 Å². The number of halogens is 1. The van der Waals surface area contributed by atoms with E-state index >= 15 is 0 Å². The Hall–Kier alpha value is -2.97. The zero-order valence-electron chi connectivity index (χ0n) is 18.0. The van der Waals surface area contributed by atoms with Crippen LogP contribution in [0.3, 0.4) is 0 Å². The molecule has 0 radical (unpaired) electrons. The van der Waals surface area contributed by atoms with E-state index in [1.165, 1.54) is 23.9 Å². The van der Waals surface area contributed by atoms with Crippen LogP contribution in [0.4, 0.5) is 20.7 Å². The first kappa shape index (κ1) is 20.9. The van der Waals surface area contributed by atoms with Crippen molar-refractivity contribution in [3.8, 4) is 5.88 Å². The van der Waals surface area contributed by atoms with Crippen LogP contribution in [0.15, 0.2) is 30.5 Å². The molecule has 1 N–H and O–H groups in total. The quantitative estimate of drug-likeness (QED) is 0.668. The second kappa shape index (κ2) is 8.88. The molecule has 3 aliphatic rings. The monoisotopic (exact) mass is 441 g/mol. The topological polar surface area (TPSA) is 89.5 Å². The maximum absolute atomic E-state index is 14.0. The molecule has 170 valence electrons. The third-order valence-electron chi connectivity index (χ3n) is 6.82. The van der Waals surface area contributed by atoms with E-state index in [1.54, 1.807) is 12.1 Å². The molecular formula is C23H28FN5O3. The largest absolute Gasteiger partial charge is 0.473 e. The summed E-state index contributed by atoms with van der Waals surface area (Å²) >= 11 is 0. The fraction of sp³-hybridized carbons (Fsp3) is 0.565. The molecule has 2 saturated carbocycles. The van der Waals surface area contributed by atoms with Crippen LogP contribution in [-0.4, -0.2) is 46.1 Å². The summed E-state index contributed by atoms with van der Waals surface area (Å²) in [6.07, 6.45) is 9.11. The number of carbonyl (C=O) groups is 1. The Labute approximate surface area is 186 Å². The minimum atomic E-state index is -0.653. The molecule has 1 aliphatic heterocycles. The lowest BCUT2D eigenvalue weighted by Crippen LogP contribution is -2.39. The summed E-state index contributed by atoms with van der Waals surface area (Å²) in [5.41, 5.74) is -0.369. The van der Waals surface area contributed by atoms with Gasteiger partial charge in [-0.1, -0.05) is 0 Å². The Morgan fingerprint density at radius 2 is 1.97 bits per heavy atom. The lowest BCUT2D eigenvalue weighted by atomic mass is 9.78. The van der Waals surface area contributed by atoms with Crippen LogP contribution in [0.5, 0.6) is 5.88 Å². The number of pyridine rings is 1. The standard InChI is InChI=1S/C23H28FN5O3/c24-21-18(6-3-13-25-21)29-15-23(32-22(29)30)11-9-16(10-12-23)14-26-19-7-8-20(28-27-19)31-17-4-1-2-5-17/h3,6-8,13,16-17H,1-2,4-5,9-12,14-15H2,(H,26,27)/t16-,23-. The van der Waals surface area contributed by atoms with Crippen molar-refractivity contribution in [3.63, 3.8) is 0 Å². The highest BCUT2D eigenvalue weighted by Crippen LogP contribution is 2.41. The van der Waals surface area contributed by atoms with Crippen molar-refractivity contribution in [2.75, 3.05) is 23.3 Å². The van der Waals surface area contributed by atoms with Gasteiger partial charge in [0.15, 0.2) is 0 Å². The lowest BCUT2D eigenvalue weighted by Gasteiger charge is -2.35. The molecule has 8 nitrogen and oxygen atoms in total. The molecule has 5 rings (SSSR count). The van der Waals surface area contributed by atoms with Crippen molar-refractivity contribution < 1.29 is 18.7 Å². The number of aromatic nitrogens is 3. The number of amides is 1. The smallest absolute Gasteiger partial charge is 0.415 e. The van der Waals surface area contributed by atoms with Gasteiger partial charge in [0.2, 0.25) is 11.8 Å². The Morgan fingerprint density at radius 3 is 2.69 bits per heavy atom. The zero-order chi connectivity index (χ0) is 22.0. The van der Waals surface area contributed by atoms with Gasteiger partial charge in [-0.3, -0.25) is 4.90 Å². The Balaban J connectivity index is 1.10. The molecule has 0 aromatic carbocycles. The van der Waals surface area contributed by atoms with Crippen LogP contribution < -0.4 is 15.0 Å². The fourth-order valence-electron chi connectivity index (χ4n) is 4.96. The van der Waals surface area contributed by atoms with E-state index in [2.05, 4.69) is 20.5 Å². The third kappa shape index (κ3) is 4.47. The summed E-state index contributed by atoms with van der Waals surface area (Å²) < 4.78 is 25.6. The minimum Gasteiger partial charge on any atom is -0.473 e. The van der Waals surface area contributed by atoms with Gasteiger partial charge in [0, 0.05) is 18.8 Å². The van der Waals surface area contributed by atoms with Crippen LogP contribution in [-0.2, 0) is 4.74 Å². The average molecular weight is 442 g/mol. The van der Waals surface area contributed by atoms with Crippen molar-refractivity contribution >= 4 is 17.6 Å². The summed E-state index contributed by atoms with van der Waals surface area (Å²) in [5, 5.41) is 11.8. The summed E-state index contributed by atoms with van der Waals surface area (Å²) in [6.45, 7) is 1.14. The SMILES string of the molecule is O=C1O[C@]2(CC[C@H](CNc3ccc(OC4CCCC4)nn3)CC2)CN1c1cccnc1F. The maximum Gasteiger partial charge on any atom is 0.415 e. The Bertz CT molecular complexity index is 943. The second-order valence-electron chi connectivity index (χ2n) is 9.06. The number of nitrogens with zero attached hydrogens (tertiary/aromatic N) is 4. The lowest BCUT2D eigenvalue weighted by molar-refractivity contribution is 0.0148. The average Bonchev–Trinajstić information content (AvgIpc) is 3.43. The molecule has 0 unspecified atom stereocenters. The molecule has 2 aromatic rings. The van der Waals surface area contributed by atoms with E-state index in [0.717, 1.165) is 50.9 Å². The van der Waals surface area contributed by atoms with Crippen molar-refractivity contribution in [1.29, 1.82) is 0 Å². The summed E-state index contributed by atoms with van der Waals surface area (Å²) in [7, 11) is 0. The van der Waals surface area contributed by atoms with Gasteiger partial charge in [-0.05, 0) is 75.5 Å². The van der Waals surface area contributed by atoms with Gasteiger partial charge in [-0.2, -0.15) is 4.39 Å². The third-order valence-corrected chi connectivity index (χ3v) is 6.82. The minimum absolute atomic E-state index is 0.178. The van der Waals surface area contributed by atoms with E-state index in [4.69, 9.17) is 9.47 Å². The van der Waals surface area contributed by atoms with Crippen molar-refractivity contribution in [2.24, 2.45) is 5.92 Å². The van der Waals surface area contributed by atoms with E-state index in [-0.39, 0.29) is 11.8 Å². The highest BCUT2D eigenvalue weighted by Gasteiger charge is 2.48. The molecule has 1 saturated heterocycles. The first-order valence-electron chi connectivity index (χ1n) is 11.5. The van der Waals surface area contributed by atoms with Gasteiger partial charge in [-0.25, -0.2) is 9.78 Å². The number of hydrogen-bond acceptors (Lipinski definition) is 7. The van der Waals surface area contributed by atoms with E-state index in [9.17, 15) is 9.18 Å². The first-order chi connectivity index (χ1) is 15.6. The number of hydrogen-bond donors (Lipinski definition) is 1. The van der Waals surface area contributed by atoms with E-state index < -0.39 is 17.6 Å². The van der Waals surface area contributed by atoms with Crippen LogP contribution in [0, 0.1) is 11.9 Å². The Kier molecular flexibility index (Phi) is 5.80. The van der Waals surface area contributed by atoms with Crippen molar-refractivity contribution in [2.45, 2.75) is 63.1 Å². The molecule has 2 aliphatic carbocycles. The normalized spacial score (nSPS) is 25.8. The molecule has 3 fully saturated rings. The molecule has 3 heterocycles. The van der Waals surface area contributed by atoms with Gasteiger partial charge in [0.1, 0.15) is 23.2 Å². The summed E-state index contributed by atoms with van der Waals surface area (Å²) in [6, 6.07) is 6.95. The van der Waals surface area contributed by atoms with E-state index in [1.807, 2.05) is 12.1 Å². The Morgan fingerprint density at radius 1 is 1.16 bits per heavy atom. The molecule has 0 atom stereocenters. The summed E-state index contributed by atoms with van der Waals surface area (Å²) in [5.74, 6) is 1.11. The fourth-order valence-corrected chi connectivity index (χ4v) is 4.96. The molecule has 9 heteroatoms. The van der Waals surface area contributed by atoms with Gasteiger partial charge < -0.3 is 14.8 Å². The number of carbonyl (C=O) groups excluding carboxylic acids is 1. The molecular weight excluding hydrogens is 413 g/mol.